The Labute approximate surface area is 122 Å². The first kappa shape index (κ1) is 15.0. The van der Waals surface area contributed by atoms with Gasteiger partial charge in [0, 0.05) is 19.5 Å². The van der Waals surface area contributed by atoms with Crippen LogP contribution in [-0.4, -0.2) is 22.6 Å². The standard InChI is InChI=1S/C17H27N3/c1-5-16-19-14-8-6-7-9-15(14)20(16)13-12-18-11-10-17(2,3)4/h6-9,18H,5,10-13H2,1-4H3. The van der Waals surface area contributed by atoms with E-state index in [1.165, 1.54) is 17.8 Å². The monoisotopic (exact) mass is 273 g/mol. The lowest BCUT2D eigenvalue weighted by Crippen LogP contribution is -2.24. The van der Waals surface area contributed by atoms with Gasteiger partial charge in [0.15, 0.2) is 0 Å². The van der Waals surface area contributed by atoms with Gasteiger partial charge >= 0.3 is 0 Å². The van der Waals surface area contributed by atoms with Gasteiger partial charge in [0.2, 0.25) is 0 Å². The molecule has 0 saturated carbocycles. The number of nitrogens with zero attached hydrogens (tertiary/aromatic N) is 2. The molecule has 0 aliphatic heterocycles. The number of para-hydroxylation sites is 2. The van der Waals surface area contributed by atoms with Crippen molar-refractivity contribution in [2.24, 2.45) is 5.41 Å². The molecule has 0 radical (unpaired) electrons. The fourth-order valence-electron chi connectivity index (χ4n) is 2.42. The maximum atomic E-state index is 4.70. The molecule has 20 heavy (non-hydrogen) atoms. The summed E-state index contributed by atoms with van der Waals surface area (Å²) in [5.41, 5.74) is 2.77. The minimum absolute atomic E-state index is 0.406. The number of imidazole rings is 1. The Morgan fingerprint density at radius 2 is 1.90 bits per heavy atom. The lowest BCUT2D eigenvalue weighted by molar-refractivity contribution is 0.365. The summed E-state index contributed by atoms with van der Waals surface area (Å²) < 4.78 is 2.35. The second kappa shape index (κ2) is 6.40. The van der Waals surface area contributed by atoms with Gasteiger partial charge in [-0.1, -0.05) is 39.8 Å². The van der Waals surface area contributed by atoms with Gasteiger partial charge in [0.1, 0.15) is 5.82 Å². The molecule has 0 aliphatic carbocycles. The maximum Gasteiger partial charge on any atom is 0.109 e. The van der Waals surface area contributed by atoms with Crippen molar-refractivity contribution in [2.75, 3.05) is 13.1 Å². The number of aryl methyl sites for hydroxylation is 1. The van der Waals surface area contributed by atoms with Crippen LogP contribution >= 0.6 is 0 Å². The molecule has 110 valence electrons. The van der Waals surface area contributed by atoms with Crippen LogP contribution in [0, 0.1) is 5.41 Å². The third-order valence-corrected chi connectivity index (χ3v) is 3.61. The summed E-state index contributed by atoms with van der Waals surface area (Å²) in [7, 11) is 0. The molecule has 3 heteroatoms. The minimum Gasteiger partial charge on any atom is -0.327 e. The molecule has 0 spiro atoms. The summed E-state index contributed by atoms with van der Waals surface area (Å²) in [5.74, 6) is 1.18. The van der Waals surface area contributed by atoms with Gasteiger partial charge in [-0.25, -0.2) is 4.98 Å². The summed E-state index contributed by atoms with van der Waals surface area (Å²) in [6.07, 6.45) is 2.19. The number of aromatic nitrogens is 2. The molecule has 0 bridgehead atoms. The third kappa shape index (κ3) is 3.83. The number of nitrogens with one attached hydrogen (secondary N) is 1. The van der Waals surface area contributed by atoms with Crippen LogP contribution in [0.15, 0.2) is 24.3 Å². The van der Waals surface area contributed by atoms with Crippen LogP contribution in [0.25, 0.3) is 11.0 Å². The van der Waals surface area contributed by atoms with Gasteiger partial charge in [-0.15, -0.1) is 0 Å². The first-order valence-corrected chi connectivity index (χ1v) is 7.66. The van der Waals surface area contributed by atoms with Crippen molar-refractivity contribution < 1.29 is 0 Å². The lowest BCUT2D eigenvalue weighted by atomic mass is 9.92. The Morgan fingerprint density at radius 1 is 1.15 bits per heavy atom. The van der Waals surface area contributed by atoms with Gasteiger partial charge in [0.05, 0.1) is 11.0 Å². The molecule has 0 amide bonds. The van der Waals surface area contributed by atoms with E-state index in [1.807, 2.05) is 0 Å². The third-order valence-electron chi connectivity index (χ3n) is 3.61. The summed E-state index contributed by atoms with van der Waals surface area (Å²) in [5, 5.41) is 3.55. The van der Waals surface area contributed by atoms with E-state index in [1.54, 1.807) is 0 Å². The Bertz CT molecular complexity index is 549. The van der Waals surface area contributed by atoms with Gasteiger partial charge in [-0.2, -0.15) is 0 Å². The first-order valence-electron chi connectivity index (χ1n) is 7.66. The van der Waals surface area contributed by atoms with E-state index < -0.39 is 0 Å². The number of benzene rings is 1. The van der Waals surface area contributed by atoms with Crippen molar-refractivity contribution in [3.63, 3.8) is 0 Å². The highest BCUT2D eigenvalue weighted by Gasteiger charge is 2.10. The fourth-order valence-corrected chi connectivity index (χ4v) is 2.42. The van der Waals surface area contributed by atoms with Crippen LogP contribution in [0.4, 0.5) is 0 Å². The topological polar surface area (TPSA) is 29.9 Å². The zero-order valence-electron chi connectivity index (χ0n) is 13.2. The summed E-state index contributed by atoms with van der Waals surface area (Å²) >= 11 is 0. The molecule has 0 atom stereocenters. The molecule has 1 N–H and O–H groups in total. The normalized spacial score (nSPS) is 12.2. The fraction of sp³-hybridized carbons (Fsp3) is 0.588. The van der Waals surface area contributed by atoms with E-state index in [-0.39, 0.29) is 0 Å². The molecule has 0 aliphatic rings. The average molecular weight is 273 g/mol. The highest BCUT2D eigenvalue weighted by Crippen LogP contribution is 2.17. The number of hydrogen-bond acceptors (Lipinski definition) is 2. The van der Waals surface area contributed by atoms with Gasteiger partial charge < -0.3 is 9.88 Å². The van der Waals surface area contributed by atoms with Crippen molar-refractivity contribution in [1.82, 2.24) is 14.9 Å². The van der Waals surface area contributed by atoms with Gasteiger partial charge in [-0.3, -0.25) is 0 Å². The van der Waals surface area contributed by atoms with Crippen LogP contribution in [-0.2, 0) is 13.0 Å². The zero-order chi connectivity index (χ0) is 14.6. The van der Waals surface area contributed by atoms with Gasteiger partial charge in [0.25, 0.3) is 0 Å². The molecule has 1 aromatic carbocycles. The van der Waals surface area contributed by atoms with Crippen molar-refractivity contribution in [3.8, 4) is 0 Å². The quantitative estimate of drug-likeness (QED) is 0.815. The van der Waals surface area contributed by atoms with Crippen molar-refractivity contribution in [2.45, 2.75) is 47.1 Å². The van der Waals surface area contributed by atoms with Gasteiger partial charge in [-0.05, 0) is 30.5 Å². The largest absolute Gasteiger partial charge is 0.327 e. The van der Waals surface area contributed by atoms with Crippen LogP contribution < -0.4 is 5.32 Å². The summed E-state index contributed by atoms with van der Waals surface area (Å²) in [6, 6.07) is 8.41. The van der Waals surface area contributed by atoms with Crippen LogP contribution in [0.1, 0.15) is 39.9 Å². The van der Waals surface area contributed by atoms with E-state index in [2.05, 4.69) is 61.8 Å². The van der Waals surface area contributed by atoms with Crippen molar-refractivity contribution in [1.29, 1.82) is 0 Å². The SMILES string of the molecule is CCc1nc2ccccc2n1CCNCCC(C)(C)C. The second-order valence-electron chi connectivity index (χ2n) is 6.58. The Hall–Kier alpha value is -1.35. The Morgan fingerprint density at radius 3 is 2.60 bits per heavy atom. The summed E-state index contributed by atoms with van der Waals surface area (Å²) in [4.78, 5) is 4.70. The molecule has 0 fully saturated rings. The predicted molar refractivity (Wildman–Crippen MR) is 86.1 cm³/mol. The summed E-state index contributed by atoms with van der Waals surface area (Å²) in [6.45, 7) is 12.1. The van der Waals surface area contributed by atoms with Crippen LogP contribution in [0.3, 0.4) is 0 Å². The molecule has 0 unspecified atom stereocenters. The zero-order valence-corrected chi connectivity index (χ0v) is 13.2. The molecular weight excluding hydrogens is 246 g/mol. The maximum absolute atomic E-state index is 4.70. The molecule has 1 heterocycles. The van der Waals surface area contributed by atoms with E-state index in [9.17, 15) is 0 Å². The lowest BCUT2D eigenvalue weighted by Gasteiger charge is -2.18. The number of rotatable bonds is 6. The minimum atomic E-state index is 0.406. The molecule has 0 saturated heterocycles. The molecule has 2 aromatic rings. The molecular formula is C17H27N3. The van der Waals surface area contributed by atoms with E-state index in [4.69, 9.17) is 4.98 Å². The molecule has 3 nitrogen and oxygen atoms in total. The highest BCUT2D eigenvalue weighted by atomic mass is 15.1. The second-order valence-corrected chi connectivity index (χ2v) is 6.58. The first-order chi connectivity index (χ1) is 9.51. The van der Waals surface area contributed by atoms with Crippen molar-refractivity contribution in [3.05, 3.63) is 30.1 Å². The number of fused-ring (bicyclic) bond motifs is 1. The van der Waals surface area contributed by atoms with Crippen LogP contribution in [0.2, 0.25) is 0 Å². The predicted octanol–water partition coefficient (Wildman–Crippen LogP) is 3.62. The van der Waals surface area contributed by atoms with E-state index in [0.717, 1.165) is 31.6 Å². The number of hydrogen-bond donors (Lipinski definition) is 1. The smallest absolute Gasteiger partial charge is 0.109 e. The molecule has 2 rings (SSSR count). The van der Waals surface area contributed by atoms with E-state index in [0.29, 0.717) is 5.41 Å². The van der Waals surface area contributed by atoms with E-state index >= 15 is 0 Å². The van der Waals surface area contributed by atoms with Crippen molar-refractivity contribution >= 4 is 11.0 Å². The molecule has 1 aromatic heterocycles. The highest BCUT2D eigenvalue weighted by molar-refractivity contribution is 5.75. The Kier molecular flexibility index (Phi) is 4.81. The average Bonchev–Trinajstić information content (AvgIpc) is 2.75. The van der Waals surface area contributed by atoms with Crippen LogP contribution in [0.5, 0.6) is 0 Å². The Balaban J connectivity index is 1.95.